The van der Waals surface area contributed by atoms with Gasteiger partial charge in [-0.1, -0.05) is 0 Å². The van der Waals surface area contributed by atoms with Crippen LogP contribution in [0.3, 0.4) is 0 Å². The third-order valence-corrected chi connectivity index (χ3v) is 5.29. The third kappa shape index (κ3) is 4.60. The van der Waals surface area contributed by atoms with E-state index in [1.165, 1.54) is 18.5 Å². The first kappa shape index (κ1) is 22.1. The molecule has 1 aliphatic carbocycles. The van der Waals surface area contributed by atoms with Gasteiger partial charge < -0.3 is 10.1 Å². The zero-order valence-electron chi connectivity index (χ0n) is 17.1. The molecule has 1 fully saturated rings. The molecule has 0 bridgehead atoms. The van der Waals surface area contributed by atoms with Crippen LogP contribution in [0.4, 0.5) is 28.0 Å². The standard InChI is InChI=1S/C21H25F4N3O2/c1-19(2,3)30-18(29)28-16-12-26-9-6-15(16)21(17(23)10-14(22)11-27-21)13-4-7-20(24,25)8-5-13/h6,9-13,27H,4-5,7-8H2,1-3H3,(H,28,29). The third-order valence-electron chi connectivity index (χ3n) is 5.29. The fourth-order valence-corrected chi connectivity index (χ4v) is 3.99. The number of nitrogens with one attached hydrogen (secondary N) is 2. The first-order valence-electron chi connectivity index (χ1n) is 9.76. The fraction of sp³-hybridized carbons (Fsp3) is 0.524. The summed E-state index contributed by atoms with van der Waals surface area (Å²) in [7, 11) is 0. The van der Waals surface area contributed by atoms with Gasteiger partial charge in [0.2, 0.25) is 5.92 Å². The Bertz CT molecular complexity index is 869. The maximum absolute atomic E-state index is 15.4. The molecule has 1 unspecified atom stereocenters. The van der Waals surface area contributed by atoms with E-state index in [2.05, 4.69) is 15.6 Å². The van der Waals surface area contributed by atoms with E-state index in [-0.39, 0.29) is 24.1 Å². The van der Waals surface area contributed by atoms with Gasteiger partial charge in [0.05, 0.1) is 11.9 Å². The molecule has 0 saturated heterocycles. The van der Waals surface area contributed by atoms with Crippen molar-refractivity contribution in [3.05, 3.63) is 48.0 Å². The Morgan fingerprint density at radius 3 is 2.53 bits per heavy atom. The second-order valence-electron chi connectivity index (χ2n) is 8.65. The van der Waals surface area contributed by atoms with Crippen molar-refractivity contribution in [1.29, 1.82) is 0 Å². The molecule has 0 radical (unpaired) electrons. The molecule has 3 rings (SSSR count). The molecule has 2 heterocycles. The Morgan fingerprint density at radius 2 is 1.93 bits per heavy atom. The number of pyridine rings is 1. The van der Waals surface area contributed by atoms with Gasteiger partial charge >= 0.3 is 6.09 Å². The molecule has 1 amide bonds. The number of hydrogen-bond acceptors (Lipinski definition) is 4. The highest BCUT2D eigenvalue weighted by atomic mass is 19.3. The lowest BCUT2D eigenvalue weighted by atomic mass is 9.68. The van der Waals surface area contributed by atoms with Crippen LogP contribution in [-0.4, -0.2) is 22.6 Å². The molecule has 1 atom stereocenters. The maximum atomic E-state index is 15.4. The number of rotatable bonds is 3. The molecule has 0 spiro atoms. The van der Waals surface area contributed by atoms with Crippen LogP contribution >= 0.6 is 0 Å². The Hall–Kier alpha value is -2.58. The smallest absolute Gasteiger partial charge is 0.412 e. The molecular formula is C21H25F4N3O2. The van der Waals surface area contributed by atoms with E-state index in [4.69, 9.17) is 4.74 Å². The van der Waals surface area contributed by atoms with Crippen LogP contribution in [0.5, 0.6) is 0 Å². The largest absolute Gasteiger partial charge is 0.444 e. The van der Waals surface area contributed by atoms with E-state index >= 15 is 4.39 Å². The van der Waals surface area contributed by atoms with Crippen molar-refractivity contribution in [3.63, 3.8) is 0 Å². The lowest BCUT2D eigenvalue weighted by Gasteiger charge is -2.45. The molecule has 1 aromatic rings. The first-order chi connectivity index (χ1) is 13.9. The van der Waals surface area contributed by atoms with Gasteiger partial charge in [-0.2, -0.15) is 0 Å². The second-order valence-corrected chi connectivity index (χ2v) is 8.65. The van der Waals surface area contributed by atoms with Crippen LogP contribution in [0.15, 0.2) is 42.4 Å². The minimum Gasteiger partial charge on any atom is -0.444 e. The number of ether oxygens (including phenoxy) is 1. The van der Waals surface area contributed by atoms with E-state index in [9.17, 15) is 18.0 Å². The molecule has 1 saturated carbocycles. The average molecular weight is 427 g/mol. The molecule has 2 N–H and O–H groups in total. The van der Waals surface area contributed by atoms with Gasteiger partial charge in [0.25, 0.3) is 0 Å². The molecule has 1 aliphatic heterocycles. The fourth-order valence-electron chi connectivity index (χ4n) is 3.99. The predicted molar refractivity (Wildman–Crippen MR) is 104 cm³/mol. The molecule has 5 nitrogen and oxygen atoms in total. The zero-order chi connectivity index (χ0) is 22.2. The minimum absolute atomic E-state index is 0.0188. The van der Waals surface area contributed by atoms with Gasteiger partial charge in [0.15, 0.2) is 0 Å². The van der Waals surface area contributed by atoms with Crippen LogP contribution in [-0.2, 0) is 10.3 Å². The Morgan fingerprint density at radius 1 is 1.27 bits per heavy atom. The van der Waals surface area contributed by atoms with Crippen molar-refractivity contribution in [2.45, 2.75) is 63.5 Å². The predicted octanol–water partition coefficient (Wildman–Crippen LogP) is 5.72. The van der Waals surface area contributed by atoms with Gasteiger partial charge in [0, 0.05) is 36.9 Å². The first-order valence-corrected chi connectivity index (χ1v) is 9.76. The van der Waals surface area contributed by atoms with E-state index in [1.54, 1.807) is 20.8 Å². The summed E-state index contributed by atoms with van der Waals surface area (Å²) in [5, 5.41) is 5.32. The van der Waals surface area contributed by atoms with Gasteiger partial charge in [-0.3, -0.25) is 10.3 Å². The molecule has 0 aromatic carbocycles. The van der Waals surface area contributed by atoms with Crippen molar-refractivity contribution >= 4 is 11.8 Å². The Labute approximate surface area is 172 Å². The highest BCUT2D eigenvalue weighted by Gasteiger charge is 2.50. The van der Waals surface area contributed by atoms with E-state index in [1.807, 2.05) is 0 Å². The Kier molecular flexibility index (Phi) is 5.84. The molecule has 30 heavy (non-hydrogen) atoms. The average Bonchev–Trinajstić information content (AvgIpc) is 2.62. The van der Waals surface area contributed by atoms with Crippen LogP contribution in [0, 0.1) is 5.92 Å². The van der Waals surface area contributed by atoms with Gasteiger partial charge in [-0.15, -0.1) is 0 Å². The van der Waals surface area contributed by atoms with Crippen molar-refractivity contribution in [2.75, 3.05) is 5.32 Å². The summed E-state index contributed by atoms with van der Waals surface area (Å²) in [6.45, 7) is 5.08. The Balaban J connectivity index is 2.02. The second kappa shape index (κ2) is 7.92. The summed E-state index contributed by atoms with van der Waals surface area (Å²) < 4.78 is 61.9. The number of aromatic nitrogens is 1. The zero-order valence-corrected chi connectivity index (χ0v) is 17.1. The van der Waals surface area contributed by atoms with Crippen molar-refractivity contribution < 1.29 is 27.1 Å². The molecule has 164 valence electrons. The van der Waals surface area contributed by atoms with E-state index in [0.717, 1.165) is 12.3 Å². The number of dihydropyridines is 1. The number of nitrogens with zero attached hydrogens (tertiary/aromatic N) is 1. The number of alkyl halides is 2. The van der Waals surface area contributed by atoms with Gasteiger partial charge in [-0.05, 0) is 45.6 Å². The quantitative estimate of drug-likeness (QED) is 0.606. The van der Waals surface area contributed by atoms with Gasteiger partial charge in [-0.25, -0.2) is 22.4 Å². The summed E-state index contributed by atoms with van der Waals surface area (Å²) in [6.07, 6.45) is 2.93. The lowest BCUT2D eigenvalue weighted by molar-refractivity contribution is -0.0561. The van der Waals surface area contributed by atoms with Crippen LogP contribution < -0.4 is 10.6 Å². The van der Waals surface area contributed by atoms with Crippen molar-refractivity contribution in [1.82, 2.24) is 10.3 Å². The lowest BCUT2D eigenvalue weighted by Crippen LogP contribution is -2.50. The highest BCUT2D eigenvalue weighted by molar-refractivity contribution is 5.86. The van der Waals surface area contributed by atoms with Crippen LogP contribution in [0.25, 0.3) is 0 Å². The molecular weight excluding hydrogens is 402 g/mol. The number of anilines is 1. The van der Waals surface area contributed by atoms with Crippen LogP contribution in [0.2, 0.25) is 0 Å². The normalized spacial score (nSPS) is 24.4. The van der Waals surface area contributed by atoms with Crippen LogP contribution in [0.1, 0.15) is 52.0 Å². The SMILES string of the molecule is CC(C)(C)OC(=O)Nc1cnccc1C1(C2CCC(F)(F)CC2)NC=C(F)C=C1F. The summed E-state index contributed by atoms with van der Waals surface area (Å²) in [5.74, 6) is -5.08. The topological polar surface area (TPSA) is 63.2 Å². The number of hydrogen-bond donors (Lipinski definition) is 2. The number of halogens is 4. The monoisotopic (exact) mass is 427 g/mol. The van der Waals surface area contributed by atoms with Crippen molar-refractivity contribution in [2.24, 2.45) is 5.92 Å². The maximum Gasteiger partial charge on any atom is 0.412 e. The highest BCUT2D eigenvalue weighted by Crippen LogP contribution is 2.50. The number of amides is 1. The van der Waals surface area contributed by atoms with E-state index in [0.29, 0.717) is 0 Å². The number of carbonyl (C=O) groups excluding carboxylic acids is 1. The van der Waals surface area contributed by atoms with E-state index < -0.39 is 53.6 Å². The summed E-state index contributed by atoms with van der Waals surface area (Å²) in [4.78, 5) is 16.3. The molecule has 2 aliphatic rings. The summed E-state index contributed by atoms with van der Waals surface area (Å²) in [5.41, 5.74) is -1.97. The summed E-state index contributed by atoms with van der Waals surface area (Å²) >= 11 is 0. The number of allylic oxidation sites excluding steroid dienone is 2. The van der Waals surface area contributed by atoms with Gasteiger partial charge in [0.1, 0.15) is 22.8 Å². The van der Waals surface area contributed by atoms with Crippen molar-refractivity contribution in [3.8, 4) is 0 Å². The number of carbonyl (C=O) groups is 1. The summed E-state index contributed by atoms with van der Waals surface area (Å²) in [6, 6.07) is 1.48. The molecule has 1 aromatic heterocycles. The minimum atomic E-state index is -2.82. The molecule has 9 heteroatoms.